The van der Waals surface area contributed by atoms with Crippen LogP contribution in [0, 0.1) is 13.0 Å². The molecule has 5 aromatic rings. The van der Waals surface area contributed by atoms with Crippen molar-refractivity contribution in [2.24, 2.45) is 0 Å². The molecule has 2 nitrogen and oxygen atoms in total. The summed E-state index contributed by atoms with van der Waals surface area (Å²) in [6.45, 7) is 2.09. The Kier molecular flexibility index (Phi) is 3.36. The molecule has 0 saturated carbocycles. The summed E-state index contributed by atoms with van der Waals surface area (Å²) in [6, 6.07) is 26.1. The smallest absolute Gasteiger partial charge is 0.135 e. The summed E-state index contributed by atoms with van der Waals surface area (Å²) in [4.78, 5) is 4.20. The number of rotatable bonds is 2. The van der Waals surface area contributed by atoms with Crippen LogP contribution < -0.4 is 0 Å². The fourth-order valence-electron chi connectivity index (χ4n) is 3.48. The maximum absolute atomic E-state index is 6.04. The van der Waals surface area contributed by atoms with E-state index >= 15 is 0 Å². The van der Waals surface area contributed by atoms with Gasteiger partial charge in [-0.05, 0) is 71.1 Å². The minimum atomic E-state index is 0.906. The van der Waals surface area contributed by atoms with E-state index in [1.165, 1.54) is 16.7 Å². The largest absolute Gasteiger partial charge is 0.456 e. The molecule has 0 atom stereocenters. The average molecular weight is 334 g/mol. The van der Waals surface area contributed by atoms with Crippen molar-refractivity contribution in [1.29, 1.82) is 0 Å². The third kappa shape index (κ3) is 2.39. The van der Waals surface area contributed by atoms with Crippen LogP contribution in [-0.2, 0) is 0 Å². The Morgan fingerprint density at radius 1 is 0.846 bits per heavy atom. The molecule has 26 heavy (non-hydrogen) atoms. The summed E-state index contributed by atoms with van der Waals surface area (Å²) < 4.78 is 6.04. The van der Waals surface area contributed by atoms with Crippen molar-refractivity contribution in [3.63, 3.8) is 0 Å². The Bertz CT molecular complexity index is 1240. The molecule has 123 valence electrons. The predicted molar refractivity (Wildman–Crippen MR) is 106 cm³/mol. The highest BCUT2D eigenvalue weighted by Crippen LogP contribution is 2.35. The lowest BCUT2D eigenvalue weighted by Crippen LogP contribution is -1.84. The zero-order valence-electron chi connectivity index (χ0n) is 14.4. The van der Waals surface area contributed by atoms with Gasteiger partial charge in [-0.15, -0.1) is 0 Å². The molecule has 1 radical (unpaired) electrons. The van der Waals surface area contributed by atoms with Gasteiger partial charge in [0.15, 0.2) is 0 Å². The van der Waals surface area contributed by atoms with Crippen LogP contribution in [0.5, 0.6) is 0 Å². The van der Waals surface area contributed by atoms with Gasteiger partial charge in [-0.25, -0.2) is 0 Å². The number of furan rings is 1. The average Bonchev–Trinajstić information content (AvgIpc) is 3.06. The molecule has 0 fully saturated rings. The van der Waals surface area contributed by atoms with E-state index in [0.29, 0.717) is 0 Å². The fraction of sp³-hybridized carbons (Fsp3) is 0.0417. The van der Waals surface area contributed by atoms with E-state index in [2.05, 4.69) is 60.4 Å². The predicted octanol–water partition coefficient (Wildman–Crippen LogP) is 6.42. The lowest BCUT2D eigenvalue weighted by molar-refractivity contribution is 0.669. The first kappa shape index (κ1) is 14.9. The quantitative estimate of drug-likeness (QED) is 0.372. The number of nitrogens with zero attached hydrogens (tertiary/aromatic N) is 1. The monoisotopic (exact) mass is 334 g/mol. The number of aromatic nitrogens is 1. The highest BCUT2D eigenvalue weighted by atomic mass is 16.3. The van der Waals surface area contributed by atoms with Gasteiger partial charge in [0.05, 0.1) is 0 Å². The molecule has 0 spiro atoms. The zero-order chi connectivity index (χ0) is 17.5. The Morgan fingerprint density at radius 2 is 1.62 bits per heavy atom. The number of hydrogen-bond donors (Lipinski definition) is 0. The van der Waals surface area contributed by atoms with E-state index in [9.17, 15) is 0 Å². The summed E-state index contributed by atoms with van der Waals surface area (Å²) in [5, 5.41) is 2.26. The van der Waals surface area contributed by atoms with E-state index in [1.807, 2.05) is 36.7 Å². The third-order valence-corrected chi connectivity index (χ3v) is 4.82. The Balaban J connectivity index is 1.74. The van der Waals surface area contributed by atoms with Crippen molar-refractivity contribution in [3.8, 4) is 22.3 Å². The van der Waals surface area contributed by atoms with Gasteiger partial charge in [0.25, 0.3) is 0 Å². The molecule has 2 aromatic heterocycles. The van der Waals surface area contributed by atoms with Gasteiger partial charge in [0.2, 0.25) is 0 Å². The lowest BCUT2D eigenvalue weighted by atomic mass is 9.99. The molecule has 0 aliphatic rings. The molecule has 0 saturated heterocycles. The molecule has 3 aromatic carbocycles. The Hall–Kier alpha value is -3.39. The van der Waals surface area contributed by atoms with Gasteiger partial charge in [0.1, 0.15) is 11.2 Å². The van der Waals surface area contributed by atoms with Crippen LogP contribution in [0.1, 0.15) is 5.56 Å². The molecule has 0 bridgehead atoms. The van der Waals surface area contributed by atoms with Crippen LogP contribution >= 0.6 is 0 Å². The van der Waals surface area contributed by atoms with Gasteiger partial charge < -0.3 is 4.42 Å². The second kappa shape index (κ2) is 5.85. The SMILES string of the molecule is Cc1cnccc1-c1ccc2oc3ccc(-c4[c]cccc4)cc3c2c1. The molecule has 0 N–H and O–H groups in total. The normalized spacial score (nSPS) is 11.3. The van der Waals surface area contributed by atoms with Crippen molar-refractivity contribution in [2.75, 3.05) is 0 Å². The van der Waals surface area contributed by atoms with Crippen LogP contribution in [0.2, 0.25) is 0 Å². The number of aryl methyl sites for hydroxylation is 1. The number of fused-ring (bicyclic) bond motifs is 3. The topological polar surface area (TPSA) is 26.0 Å². The maximum atomic E-state index is 6.04. The van der Waals surface area contributed by atoms with Crippen molar-refractivity contribution >= 4 is 21.9 Å². The van der Waals surface area contributed by atoms with Crippen molar-refractivity contribution in [2.45, 2.75) is 6.92 Å². The minimum Gasteiger partial charge on any atom is -0.456 e. The van der Waals surface area contributed by atoms with Crippen LogP contribution in [0.25, 0.3) is 44.2 Å². The molecule has 0 aliphatic carbocycles. The van der Waals surface area contributed by atoms with Gasteiger partial charge >= 0.3 is 0 Å². The summed E-state index contributed by atoms with van der Waals surface area (Å²) in [5.74, 6) is 0. The van der Waals surface area contributed by atoms with Gasteiger partial charge in [-0.1, -0.05) is 36.4 Å². The molecule has 2 heteroatoms. The van der Waals surface area contributed by atoms with E-state index in [1.54, 1.807) is 0 Å². The lowest BCUT2D eigenvalue weighted by Gasteiger charge is -2.05. The molecule has 0 aliphatic heterocycles. The van der Waals surface area contributed by atoms with E-state index in [-0.39, 0.29) is 0 Å². The molecule has 0 unspecified atom stereocenters. The zero-order valence-corrected chi connectivity index (χ0v) is 14.4. The molecule has 5 rings (SSSR count). The molecular weight excluding hydrogens is 318 g/mol. The minimum absolute atomic E-state index is 0.906. The number of benzene rings is 3. The van der Waals surface area contributed by atoms with Crippen LogP contribution in [0.3, 0.4) is 0 Å². The Morgan fingerprint density at radius 3 is 2.35 bits per heavy atom. The number of pyridine rings is 1. The molecule has 0 amide bonds. The first-order chi connectivity index (χ1) is 12.8. The van der Waals surface area contributed by atoms with E-state index in [4.69, 9.17) is 4.42 Å². The van der Waals surface area contributed by atoms with Crippen molar-refractivity contribution in [3.05, 3.63) is 90.8 Å². The van der Waals surface area contributed by atoms with Crippen molar-refractivity contribution < 1.29 is 4.42 Å². The second-order valence-corrected chi connectivity index (χ2v) is 6.49. The molecular formula is C24H16NO. The van der Waals surface area contributed by atoms with E-state index in [0.717, 1.165) is 33.1 Å². The maximum Gasteiger partial charge on any atom is 0.135 e. The Labute approximate surface area is 151 Å². The first-order valence-corrected chi connectivity index (χ1v) is 8.64. The second-order valence-electron chi connectivity index (χ2n) is 6.49. The van der Waals surface area contributed by atoms with Gasteiger partial charge in [0, 0.05) is 23.2 Å². The van der Waals surface area contributed by atoms with Crippen molar-refractivity contribution in [1.82, 2.24) is 4.98 Å². The molecule has 2 heterocycles. The van der Waals surface area contributed by atoms with Crippen LogP contribution in [0.15, 0.2) is 83.5 Å². The van der Waals surface area contributed by atoms with E-state index < -0.39 is 0 Å². The third-order valence-electron chi connectivity index (χ3n) is 4.82. The standard InChI is InChI=1S/C24H16NO/c1-16-15-25-12-11-20(16)19-8-10-24-22(14-19)21-13-18(7-9-23(21)26-24)17-5-3-2-4-6-17/h2-5,7-15H,1H3. The first-order valence-electron chi connectivity index (χ1n) is 8.64. The fourth-order valence-corrected chi connectivity index (χ4v) is 3.48. The van der Waals surface area contributed by atoms with Gasteiger partial charge in [-0.2, -0.15) is 0 Å². The highest BCUT2D eigenvalue weighted by Gasteiger charge is 2.11. The summed E-state index contributed by atoms with van der Waals surface area (Å²) in [6.07, 6.45) is 3.74. The summed E-state index contributed by atoms with van der Waals surface area (Å²) >= 11 is 0. The number of hydrogen-bond acceptors (Lipinski definition) is 2. The van der Waals surface area contributed by atoms with Gasteiger partial charge in [-0.3, -0.25) is 4.98 Å². The summed E-state index contributed by atoms with van der Waals surface area (Å²) in [5.41, 5.74) is 7.59. The summed E-state index contributed by atoms with van der Waals surface area (Å²) in [7, 11) is 0. The van der Waals surface area contributed by atoms with Crippen LogP contribution in [0.4, 0.5) is 0 Å². The highest BCUT2D eigenvalue weighted by molar-refractivity contribution is 6.07. The van der Waals surface area contributed by atoms with Crippen LogP contribution in [-0.4, -0.2) is 4.98 Å².